The minimum Gasteiger partial charge on any atom is -0.496 e. The van der Waals surface area contributed by atoms with Gasteiger partial charge in [0.25, 0.3) is 0 Å². The smallest absolute Gasteiger partial charge is 0.169 e. The molecule has 0 aromatic heterocycles. The summed E-state index contributed by atoms with van der Waals surface area (Å²) in [7, 11) is 1.65. The van der Waals surface area contributed by atoms with Crippen LogP contribution in [0, 0.1) is 17.3 Å². The number of hydrogen-bond donors (Lipinski definition) is 1. The largest absolute Gasteiger partial charge is 0.496 e. The summed E-state index contributed by atoms with van der Waals surface area (Å²) in [5.74, 6) is 1.24. The fraction of sp³-hybridized carbons (Fsp3) is 0.682. The number of methoxy groups -OCH3 is 1. The molecule has 0 spiro atoms. The Balaban J connectivity index is 2.13. The molecule has 0 unspecified atom stereocenters. The van der Waals surface area contributed by atoms with Crippen molar-refractivity contribution in [3.63, 3.8) is 0 Å². The van der Waals surface area contributed by atoms with Gasteiger partial charge in [-0.05, 0) is 65.7 Å². The molecule has 25 heavy (non-hydrogen) atoms. The lowest BCUT2D eigenvalue weighted by Gasteiger charge is -2.56. The zero-order valence-corrected chi connectivity index (χ0v) is 16.5. The third-order valence-corrected chi connectivity index (χ3v) is 7.00. The highest BCUT2D eigenvalue weighted by Gasteiger charge is 2.53. The first-order valence-corrected chi connectivity index (χ1v) is 9.56. The summed E-state index contributed by atoms with van der Waals surface area (Å²) in [4.78, 5) is 12.6. The number of aliphatic hydroxyl groups excluding tert-OH is 1. The van der Waals surface area contributed by atoms with Crippen molar-refractivity contribution in [1.29, 1.82) is 0 Å². The Hall–Kier alpha value is -1.35. The fourth-order valence-corrected chi connectivity index (χ4v) is 5.38. The van der Waals surface area contributed by atoms with Crippen molar-refractivity contribution in [3.05, 3.63) is 28.8 Å². The predicted molar refractivity (Wildman–Crippen MR) is 100 cm³/mol. The molecule has 3 rings (SSSR count). The van der Waals surface area contributed by atoms with E-state index in [1.807, 2.05) is 13.8 Å². The van der Waals surface area contributed by atoms with E-state index >= 15 is 0 Å². The second kappa shape index (κ2) is 6.12. The maximum absolute atomic E-state index is 12.6. The van der Waals surface area contributed by atoms with Crippen LogP contribution in [0.3, 0.4) is 0 Å². The molecule has 3 nitrogen and oxygen atoms in total. The molecule has 0 amide bonds. The van der Waals surface area contributed by atoms with Gasteiger partial charge in [0, 0.05) is 5.92 Å². The Morgan fingerprint density at radius 2 is 1.92 bits per heavy atom. The molecule has 0 bridgehead atoms. The molecule has 3 heteroatoms. The first-order valence-electron chi connectivity index (χ1n) is 9.56. The van der Waals surface area contributed by atoms with Crippen LogP contribution in [0.15, 0.2) is 12.1 Å². The lowest BCUT2D eigenvalue weighted by atomic mass is 9.49. The van der Waals surface area contributed by atoms with Gasteiger partial charge in [-0.15, -0.1) is 0 Å². The molecule has 0 aliphatic heterocycles. The molecule has 0 heterocycles. The van der Waals surface area contributed by atoms with Crippen molar-refractivity contribution in [2.75, 3.05) is 7.11 Å². The van der Waals surface area contributed by atoms with Crippen molar-refractivity contribution < 1.29 is 14.6 Å². The molecule has 1 aromatic rings. The van der Waals surface area contributed by atoms with Gasteiger partial charge < -0.3 is 9.84 Å². The summed E-state index contributed by atoms with van der Waals surface area (Å²) in [6, 6.07) is 4.20. The third-order valence-electron chi connectivity index (χ3n) is 7.00. The van der Waals surface area contributed by atoms with E-state index < -0.39 is 0 Å². The van der Waals surface area contributed by atoms with E-state index in [1.54, 1.807) is 7.11 Å². The van der Waals surface area contributed by atoms with E-state index in [1.165, 1.54) is 11.1 Å². The van der Waals surface area contributed by atoms with E-state index in [2.05, 4.69) is 32.9 Å². The van der Waals surface area contributed by atoms with E-state index in [0.717, 1.165) is 25.7 Å². The SMILES string of the molecule is COc1cc2c(cc1C(=O)C(C)C)CC[C@H]1C(C)(C)[C@@H](O)CC[C@]21C. The summed E-state index contributed by atoms with van der Waals surface area (Å²) >= 11 is 0. The van der Waals surface area contributed by atoms with Crippen molar-refractivity contribution in [2.45, 2.75) is 71.8 Å². The summed E-state index contributed by atoms with van der Waals surface area (Å²) in [6.07, 6.45) is 3.60. The van der Waals surface area contributed by atoms with E-state index in [9.17, 15) is 9.90 Å². The Morgan fingerprint density at radius 3 is 2.52 bits per heavy atom. The monoisotopic (exact) mass is 344 g/mol. The van der Waals surface area contributed by atoms with Gasteiger partial charge in [0.1, 0.15) is 5.75 Å². The number of ether oxygens (including phenoxy) is 1. The van der Waals surface area contributed by atoms with Crippen molar-refractivity contribution in [2.24, 2.45) is 17.3 Å². The van der Waals surface area contributed by atoms with Gasteiger partial charge in [0.05, 0.1) is 18.8 Å². The number of carbonyl (C=O) groups excluding carboxylic acids is 1. The molecule has 2 aliphatic rings. The van der Waals surface area contributed by atoms with Crippen molar-refractivity contribution in [3.8, 4) is 5.75 Å². The lowest BCUT2D eigenvalue weighted by Crippen LogP contribution is -2.53. The molecule has 2 aliphatic carbocycles. The molecule has 1 fully saturated rings. The van der Waals surface area contributed by atoms with Gasteiger partial charge in [-0.25, -0.2) is 0 Å². The summed E-state index contributed by atoms with van der Waals surface area (Å²) in [6.45, 7) is 10.6. The number of ketones is 1. The van der Waals surface area contributed by atoms with Crippen LogP contribution in [-0.4, -0.2) is 24.1 Å². The van der Waals surface area contributed by atoms with Crippen LogP contribution in [0.4, 0.5) is 0 Å². The Bertz CT molecular complexity index is 689. The zero-order valence-electron chi connectivity index (χ0n) is 16.5. The summed E-state index contributed by atoms with van der Waals surface area (Å²) in [5, 5.41) is 10.5. The maximum Gasteiger partial charge on any atom is 0.169 e. The van der Waals surface area contributed by atoms with Crippen LogP contribution in [-0.2, 0) is 11.8 Å². The van der Waals surface area contributed by atoms with Gasteiger partial charge in [0.2, 0.25) is 0 Å². The summed E-state index contributed by atoms with van der Waals surface area (Å²) < 4.78 is 5.61. The minimum atomic E-state index is -0.240. The molecule has 0 saturated heterocycles. The first kappa shape index (κ1) is 18.4. The first-order chi connectivity index (χ1) is 11.6. The quantitative estimate of drug-likeness (QED) is 0.819. The standard InChI is InChI=1S/C22H32O3/c1-13(2)20(24)15-11-14-7-8-18-21(3,4)19(23)9-10-22(18,5)16(14)12-17(15)25-6/h11-13,18-19,23H,7-10H2,1-6H3/t18-,19-,22+/m0/s1. The van der Waals surface area contributed by atoms with Gasteiger partial charge in [0.15, 0.2) is 5.78 Å². The minimum absolute atomic E-state index is 0.0308. The Kier molecular flexibility index (Phi) is 4.51. The number of carbonyl (C=O) groups is 1. The van der Waals surface area contributed by atoms with Crippen LogP contribution in [0.1, 0.15) is 75.4 Å². The summed E-state index contributed by atoms with van der Waals surface area (Å²) in [5.41, 5.74) is 3.26. The van der Waals surface area contributed by atoms with Gasteiger partial charge >= 0.3 is 0 Å². The molecule has 3 atom stereocenters. The fourth-order valence-electron chi connectivity index (χ4n) is 5.38. The molecule has 0 radical (unpaired) electrons. The molecule has 1 saturated carbocycles. The van der Waals surface area contributed by atoms with Crippen molar-refractivity contribution >= 4 is 5.78 Å². The number of benzene rings is 1. The van der Waals surface area contributed by atoms with E-state index in [0.29, 0.717) is 17.2 Å². The highest BCUT2D eigenvalue weighted by Crippen LogP contribution is 2.57. The Morgan fingerprint density at radius 1 is 1.24 bits per heavy atom. The molecule has 1 aromatic carbocycles. The van der Waals surface area contributed by atoms with Crippen LogP contribution in [0.25, 0.3) is 0 Å². The van der Waals surface area contributed by atoms with Gasteiger partial charge in [-0.2, -0.15) is 0 Å². The second-order valence-electron chi connectivity index (χ2n) is 9.11. The number of aliphatic hydroxyl groups is 1. The topological polar surface area (TPSA) is 46.5 Å². The highest BCUT2D eigenvalue weighted by atomic mass is 16.5. The number of Topliss-reactive ketones (excluding diaryl/α,β-unsaturated/α-hetero) is 1. The normalized spacial score (nSPS) is 30.6. The van der Waals surface area contributed by atoms with E-state index in [-0.39, 0.29) is 28.6 Å². The average Bonchev–Trinajstić information content (AvgIpc) is 2.56. The van der Waals surface area contributed by atoms with Crippen LogP contribution in [0.2, 0.25) is 0 Å². The predicted octanol–water partition coefficient (Wildman–Crippen LogP) is 4.53. The van der Waals surface area contributed by atoms with E-state index in [4.69, 9.17) is 4.74 Å². The van der Waals surface area contributed by atoms with Crippen LogP contribution < -0.4 is 4.74 Å². The average molecular weight is 344 g/mol. The molecular formula is C22H32O3. The number of fused-ring (bicyclic) bond motifs is 3. The molecular weight excluding hydrogens is 312 g/mol. The van der Waals surface area contributed by atoms with Gasteiger partial charge in [-0.3, -0.25) is 4.79 Å². The number of hydrogen-bond acceptors (Lipinski definition) is 3. The zero-order chi connectivity index (χ0) is 18.6. The van der Waals surface area contributed by atoms with Crippen LogP contribution in [0.5, 0.6) is 5.75 Å². The third kappa shape index (κ3) is 2.71. The second-order valence-corrected chi connectivity index (χ2v) is 9.11. The molecule has 138 valence electrons. The van der Waals surface area contributed by atoms with Crippen molar-refractivity contribution in [1.82, 2.24) is 0 Å². The number of aryl methyl sites for hydroxylation is 1. The maximum atomic E-state index is 12.6. The number of rotatable bonds is 3. The van der Waals surface area contributed by atoms with Crippen LogP contribution >= 0.6 is 0 Å². The van der Waals surface area contributed by atoms with Gasteiger partial charge in [-0.1, -0.05) is 34.6 Å². The molecule has 1 N–H and O–H groups in total. The lowest BCUT2D eigenvalue weighted by molar-refractivity contribution is -0.0731. The Labute approximate surface area is 151 Å². The highest BCUT2D eigenvalue weighted by molar-refractivity contribution is 6.00.